The van der Waals surface area contributed by atoms with Gasteiger partial charge in [0.2, 0.25) is 5.95 Å². The number of nitrogens with two attached hydrogens (primary N) is 1. The number of imidazole rings is 1. The second-order valence-corrected chi connectivity index (χ2v) is 2.96. The smallest absolute Gasteiger partial charge is 0.280 e. The maximum absolute atomic E-state index is 11.0. The maximum Gasteiger partial charge on any atom is 0.280 e. The van der Waals surface area contributed by atoms with Crippen molar-refractivity contribution in [3.8, 4) is 0 Å². The molecule has 17 heavy (non-hydrogen) atoms. The van der Waals surface area contributed by atoms with Crippen LogP contribution in [0.5, 0.6) is 0 Å². The summed E-state index contributed by atoms with van der Waals surface area (Å²) in [5.74, 6) is 0.0896. The fraction of sp³-hybridized carbons (Fsp3) is 0. The van der Waals surface area contributed by atoms with Crippen molar-refractivity contribution in [2.45, 2.75) is 0 Å². The molecule has 0 spiro atoms. The first kappa shape index (κ1) is 10.7. The molecule has 3 aromatic rings. The molecule has 0 aliphatic carbocycles. The topological polar surface area (TPSA) is 126 Å². The minimum Gasteiger partial charge on any atom is -0.369 e. The lowest BCUT2D eigenvalue weighted by Gasteiger charge is -1.89. The number of nitrogen functional groups attached to an aromatic ring is 1. The van der Waals surface area contributed by atoms with Crippen LogP contribution in [0.1, 0.15) is 0 Å². The van der Waals surface area contributed by atoms with E-state index in [-0.39, 0.29) is 17.0 Å². The summed E-state index contributed by atoms with van der Waals surface area (Å²) >= 11 is 0. The van der Waals surface area contributed by atoms with Crippen LogP contribution in [0.4, 0.5) is 5.95 Å². The van der Waals surface area contributed by atoms with Gasteiger partial charge in [0.1, 0.15) is 6.33 Å². The molecule has 8 nitrogen and oxygen atoms in total. The zero-order chi connectivity index (χ0) is 12.1. The summed E-state index contributed by atoms with van der Waals surface area (Å²) in [6.07, 6.45) is 6.27. The third kappa shape index (κ3) is 2.62. The van der Waals surface area contributed by atoms with Gasteiger partial charge in [-0.3, -0.25) is 9.78 Å². The molecule has 0 aliphatic heterocycles. The van der Waals surface area contributed by atoms with Crippen LogP contribution in [-0.4, -0.2) is 29.9 Å². The van der Waals surface area contributed by atoms with Gasteiger partial charge >= 0.3 is 0 Å². The van der Waals surface area contributed by atoms with Gasteiger partial charge in [-0.2, -0.15) is 4.98 Å². The molecule has 0 radical (unpaired) electrons. The van der Waals surface area contributed by atoms with Crippen LogP contribution < -0.4 is 11.3 Å². The maximum atomic E-state index is 11.0. The first-order valence-corrected chi connectivity index (χ1v) is 4.66. The number of nitrogens with zero attached hydrogens (tertiary/aromatic N) is 4. The van der Waals surface area contributed by atoms with Crippen LogP contribution in [-0.2, 0) is 0 Å². The van der Waals surface area contributed by atoms with Crippen molar-refractivity contribution in [1.29, 1.82) is 0 Å². The SMILES string of the molecule is Nc1nc2[nH]cnc2c(=O)[nH]1.c1cncnc1. The van der Waals surface area contributed by atoms with Gasteiger partial charge in [0, 0.05) is 12.4 Å². The molecule has 4 N–H and O–H groups in total. The van der Waals surface area contributed by atoms with E-state index >= 15 is 0 Å². The molecule has 0 saturated heterocycles. The van der Waals surface area contributed by atoms with E-state index in [4.69, 9.17) is 5.73 Å². The van der Waals surface area contributed by atoms with E-state index in [1.807, 2.05) is 0 Å². The zero-order valence-electron chi connectivity index (χ0n) is 8.66. The predicted molar refractivity (Wildman–Crippen MR) is 61.0 cm³/mol. The van der Waals surface area contributed by atoms with E-state index in [0.717, 1.165) is 0 Å². The van der Waals surface area contributed by atoms with Crippen LogP contribution in [0.25, 0.3) is 11.2 Å². The van der Waals surface area contributed by atoms with E-state index in [0.29, 0.717) is 5.65 Å². The van der Waals surface area contributed by atoms with Gasteiger partial charge in [-0.25, -0.2) is 15.0 Å². The highest BCUT2D eigenvalue weighted by Gasteiger charge is 2.01. The summed E-state index contributed by atoms with van der Waals surface area (Å²) in [6.45, 7) is 0. The molecule has 3 rings (SSSR count). The van der Waals surface area contributed by atoms with Crippen LogP contribution >= 0.6 is 0 Å². The van der Waals surface area contributed by atoms with Crippen molar-refractivity contribution in [1.82, 2.24) is 29.9 Å². The van der Waals surface area contributed by atoms with Crippen LogP contribution in [0.15, 0.2) is 35.9 Å². The van der Waals surface area contributed by atoms with Crippen LogP contribution in [0.2, 0.25) is 0 Å². The second-order valence-electron chi connectivity index (χ2n) is 2.96. The Bertz CT molecular complexity index is 618. The lowest BCUT2D eigenvalue weighted by atomic mass is 10.5. The summed E-state index contributed by atoms with van der Waals surface area (Å²) in [5, 5.41) is 0. The van der Waals surface area contributed by atoms with Gasteiger partial charge in [0.25, 0.3) is 5.56 Å². The second kappa shape index (κ2) is 4.84. The molecule has 0 bridgehead atoms. The summed E-state index contributed by atoms with van der Waals surface area (Å²) in [7, 11) is 0. The predicted octanol–water partition coefficient (Wildman–Crippen LogP) is -0.295. The van der Waals surface area contributed by atoms with Crippen molar-refractivity contribution >= 4 is 17.1 Å². The quantitative estimate of drug-likeness (QED) is 0.487. The average molecular weight is 231 g/mol. The van der Waals surface area contributed by atoms with E-state index in [9.17, 15) is 4.79 Å². The Morgan fingerprint density at radius 1 is 1.24 bits per heavy atom. The first-order chi connectivity index (χ1) is 8.27. The van der Waals surface area contributed by atoms with Gasteiger partial charge in [0.05, 0.1) is 6.33 Å². The lowest BCUT2D eigenvalue weighted by molar-refractivity contribution is 1.17. The largest absolute Gasteiger partial charge is 0.369 e. The molecule has 0 aliphatic rings. The summed E-state index contributed by atoms with van der Waals surface area (Å²) in [6, 6.07) is 1.78. The number of rotatable bonds is 0. The third-order valence-electron chi connectivity index (χ3n) is 1.79. The highest BCUT2D eigenvalue weighted by molar-refractivity contribution is 5.69. The number of aromatic nitrogens is 6. The van der Waals surface area contributed by atoms with Gasteiger partial charge < -0.3 is 10.7 Å². The fourth-order valence-corrected chi connectivity index (χ4v) is 1.12. The molecule has 3 aromatic heterocycles. The number of H-pyrrole nitrogens is 2. The minimum absolute atomic E-state index is 0.0896. The number of aromatic amines is 2. The van der Waals surface area contributed by atoms with E-state index in [1.54, 1.807) is 18.5 Å². The minimum atomic E-state index is -0.325. The van der Waals surface area contributed by atoms with E-state index < -0.39 is 0 Å². The molecule has 0 unspecified atom stereocenters. The van der Waals surface area contributed by atoms with Crippen molar-refractivity contribution in [3.05, 3.63) is 41.5 Å². The number of hydrogen-bond donors (Lipinski definition) is 3. The van der Waals surface area contributed by atoms with Crippen molar-refractivity contribution in [3.63, 3.8) is 0 Å². The molecule has 3 heterocycles. The Labute approximate surface area is 95.0 Å². The highest BCUT2D eigenvalue weighted by atomic mass is 16.1. The molecule has 86 valence electrons. The summed E-state index contributed by atoms with van der Waals surface area (Å²) < 4.78 is 0. The van der Waals surface area contributed by atoms with E-state index in [1.165, 1.54) is 12.7 Å². The monoisotopic (exact) mass is 231 g/mol. The third-order valence-corrected chi connectivity index (χ3v) is 1.79. The van der Waals surface area contributed by atoms with Crippen molar-refractivity contribution < 1.29 is 0 Å². The van der Waals surface area contributed by atoms with Crippen molar-refractivity contribution in [2.24, 2.45) is 0 Å². The molecule has 0 amide bonds. The number of hydrogen-bond acceptors (Lipinski definition) is 6. The van der Waals surface area contributed by atoms with Gasteiger partial charge in [0.15, 0.2) is 11.2 Å². The standard InChI is InChI=1S/C5H5N5O.C4H4N2/c6-5-9-3-2(4(11)10-5)7-1-8-3;1-2-5-4-6-3-1/h1H,(H4,6,7,8,9,10,11);1-4H. The Balaban J connectivity index is 0.000000153. The molecule has 0 saturated carbocycles. The first-order valence-electron chi connectivity index (χ1n) is 4.66. The van der Waals surface area contributed by atoms with Crippen LogP contribution in [0.3, 0.4) is 0 Å². The van der Waals surface area contributed by atoms with Crippen LogP contribution in [0, 0.1) is 0 Å². The van der Waals surface area contributed by atoms with Gasteiger partial charge in [-0.1, -0.05) is 0 Å². The fourth-order valence-electron chi connectivity index (χ4n) is 1.12. The van der Waals surface area contributed by atoms with E-state index in [2.05, 4.69) is 29.9 Å². The molecular weight excluding hydrogens is 222 g/mol. The molecule has 0 aromatic carbocycles. The molecular formula is C9H9N7O. The Morgan fingerprint density at radius 3 is 2.59 bits per heavy atom. The summed E-state index contributed by atoms with van der Waals surface area (Å²) in [5.41, 5.74) is 5.63. The van der Waals surface area contributed by atoms with Crippen molar-refractivity contribution in [2.75, 3.05) is 5.73 Å². The van der Waals surface area contributed by atoms with Gasteiger partial charge in [-0.05, 0) is 6.07 Å². The Kier molecular flexibility index (Phi) is 3.05. The normalized spacial score (nSPS) is 9.65. The Hall–Kier alpha value is -2.77. The average Bonchev–Trinajstić information content (AvgIpc) is 2.80. The van der Waals surface area contributed by atoms with Gasteiger partial charge in [-0.15, -0.1) is 0 Å². The number of anilines is 1. The zero-order valence-corrected chi connectivity index (χ0v) is 8.66. The number of nitrogens with one attached hydrogen (secondary N) is 2. The molecule has 0 atom stereocenters. The summed E-state index contributed by atoms with van der Waals surface area (Å²) in [4.78, 5) is 30.9. The number of fused-ring (bicyclic) bond motifs is 1. The Morgan fingerprint density at radius 2 is 2.00 bits per heavy atom. The lowest BCUT2D eigenvalue weighted by Crippen LogP contribution is -2.10. The molecule has 0 fully saturated rings. The molecule has 8 heteroatoms. The highest BCUT2D eigenvalue weighted by Crippen LogP contribution is 1.98.